The zero-order valence-electron chi connectivity index (χ0n) is 14.4. The van der Waals surface area contributed by atoms with Crippen molar-refractivity contribution in [1.82, 2.24) is 10.2 Å². The third-order valence-electron chi connectivity index (χ3n) is 4.19. The number of ether oxygens (including phenoxy) is 3. The van der Waals surface area contributed by atoms with Gasteiger partial charge in [0.1, 0.15) is 5.60 Å². The average Bonchev–Trinajstić information content (AvgIpc) is 3.17. The summed E-state index contributed by atoms with van der Waals surface area (Å²) in [6.45, 7) is 7.52. The van der Waals surface area contributed by atoms with Crippen molar-refractivity contribution >= 4 is 6.09 Å². The molecule has 0 spiro atoms. The first-order chi connectivity index (χ1) is 10.3. The molecule has 0 bridgehead atoms. The Balaban J connectivity index is 1.92. The van der Waals surface area contributed by atoms with Crippen molar-refractivity contribution in [2.24, 2.45) is 5.92 Å². The molecule has 0 aromatic heterocycles. The van der Waals surface area contributed by atoms with Crippen LogP contribution < -0.4 is 5.32 Å². The maximum atomic E-state index is 12.2. The van der Waals surface area contributed by atoms with Gasteiger partial charge in [-0.2, -0.15) is 0 Å². The van der Waals surface area contributed by atoms with Crippen LogP contribution in [0, 0.1) is 5.92 Å². The Morgan fingerprint density at radius 1 is 1.27 bits per heavy atom. The lowest BCUT2D eigenvalue weighted by molar-refractivity contribution is 0.0252. The number of hydrogen-bond donors (Lipinski definition) is 1. The zero-order chi connectivity index (χ0) is 16.3. The first-order valence-corrected chi connectivity index (χ1v) is 8.09. The third kappa shape index (κ3) is 4.83. The van der Waals surface area contributed by atoms with Gasteiger partial charge in [-0.05, 0) is 39.5 Å². The van der Waals surface area contributed by atoms with Gasteiger partial charge in [0.2, 0.25) is 0 Å². The van der Waals surface area contributed by atoms with E-state index in [1.54, 1.807) is 19.1 Å². The molecule has 128 valence electrons. The van der Waals surface area contributed by atoms with Crippen LogP contribution in [0.5, 0.6) is 0 Å². The molecule has 6 heteroatoms. The molecule has 1 amide bonds. The minimum Gasteiger partial charge on any atom is -0.444 e. The molecule has 6 nitrogen and oxygen atoms in total. The summed E-state index contributed by atoms with van der Waals surface area (Å²) in [6, 6.07) is 0.463. The highest BCUT2D eigenvalue weighted by atomic mass is 16.6. The summed E-state index contributed by atoms with van der Waals surface area (Å²) < 4.78 is 16.3. The van der Waals surface area contributed by atoms with Crippen molar-refractivity contribution in [3.05, 3.63) is 0 Å². The van der Waals surface area contributed by atoms with Crippen LogP contribution in [-0.4, -0.2) is 68.7 Å². The normalized spacial score (nSPS) is 27.0. The Labute approximate surface area is 133 Å². The van der Waals surface area contributed by atoms with E-state index >= 15 is 0 Å². The number of amides is 1. The molecule has 0 aromatic rings. The largest absolute Gasteiger partial charge is 0.444 e. The van der Waals surface area contributed by atoms with Gasteiger partial charge in [-0.1, -0.05) is 0 Å². The van der Waals surface area contributed by atoms with E-state index in [0.29, 0.717) is 31.7 Å². The highest BCUT2D eigenvalue weighted by Crippen LogP contribution is 2.33. The van der Waals surface area contributed by atoms with E-state index in [-0.39, 0.29) is 18.2 Å². The molecule has 1 saturated carbocycles. The fourth-order valence-electron chi connectivity index (χ4n) is 2.92. The Kier molecular flexibility index (Phi) is 5.69. The molecular weight excluding hydrogens is 284 g/mol. The maximum Gasteiger partial charge on any atom is 0.410 e. The van der Waals surface area contributed by atoms with Gasteiger partial charge in [-0.25, -0.2) is 4.79 Å². The highest BCUT2D eigenvalue weighted by Gasteiger charge is 2.40. The summed E-state index contributed by atoms with van der Waals surface area (Å²) >= 11 is 0. The van der Waals surface area contributed by atoms with Gasteiger partial charge in [-0.15, -0.1) is 0 Å². The standard InChI is InChI=1S/C16H30N2O4/c1-16(2,3)22-15(19)18-8-12(14(9-18)21-5)17-13(10-20-4)11-6-7-11/h11-14,17H,6-10H2,1-5H3/t12?,13?,14-/m0/s1. The number of nitrogens with zero attached hydrogens (tertiary/aromatic N) is 1. The fourth-order valence-corrected chi connectivity index (χ4v) is 2.92. The van der Waals surface area contributed by atoms with Gasteiger partial charge >= 0.3 is 6.09 Å². The monoisotopic (exact) mass is 314 g/mol. The molecule has 1 saturated heterocycles. The molecule has 1 aliphatic heterocycles. The first-order valence-electron chi connectivity index (χ1n) is 8.09. The second-order valence-electron chi connectivity index (χ2n) is 7.33. The summed E-state index contributed by atoms with van der Waals surface area (Å²) in [5.41, 5.74) is -0.474. The lowest BCUT2D eigenvalue weighted by atomic mass is 10.1. The molecule has 2 unspecified atom stereocenters. The van der Waals surface area contributed by atoms with E-state index in [2.05, 4.69) is 5.32 Å². The molecule has 0 radical (unpaired) electrons. The van der Waals surface area contributed by atoms with E-state index in [4.69, 9.17) is 14.2 Å². The van der Waals surface area contributed by atoms with Gasteiger partial charge in [0, 0.05) is 26.8 Å². The van der Waals surface area contributed by atoms with Crippen molar-refractivity contribution in [3.8, 4) is 0 Å². The van der Waals surface area contributed by atoms with Gasteiger partial charge in [0.15, 0.2) is 0 Å². The quantitative estimate of drug-likeness (QED) is 0.807. The Morgan fingerprint density at radius 2 is 1.95 bits per heavy atom. The summed E-state index contributed by atoms with van der Waals surface area (Å²) in [5.74, 6) is 0.688. The summed E-state index contributed by atoms with van der Waals surface area (Å²) in [7, 11) is 3.42. The Bertz CT molecular complexity index is 379. The lowest BCUT2D eigenvalue weighted by Gasteiger charge is -2.26. The molecule has 0 aromatic carbocycles. The van der Waals surface area contributed by atoms with Gasteiger partial charge in [0.05, 0.1) is 25.3 Å². The molecule has 22 heavy (non-hydrogen) atoms. The SMILES string of the molecule is COCC(NC1CN(C(=O)OC(C)(C)C)C[C@@H]1OC)C1CC1. The first kappa shape index (κ1) is 17.5. The molecule has 3 atom stereocenters. The fraction of sp³-hybridized carbons (Fsp3) is 0.938. The molecule has 2 aliphatic rings. The van der Waals surface area contributed by atoms with Crippen LogP contribution >= 0.6 is 0 Å². The summed E-state index contributed by atoms with van der Waals surface area (Å²) in [6.07, 6.45) is 2.22. The smallest absolute Gasteiger partial charge is 0.410 e. The number of rotatable bonds is 6. The average molecular weight is 314 g/mol. The van der Waals surface area contributed by atoms with Crippen molar-refractivity contribution in [2.75, 3.05) is 33.9 Å². The second kappa shape index (κ2) is 7.15. The molecule has 2 rings (SSSR count). The molecule has 2 fully saturated rings. The second-order valence-corrected chi connectivity index (χ2v) is 7.33. The number of likely N-dealkylation sites (tertiary alicyclic amines) is 1. The van der Waals surface area contributed by atoms with Gasteiger partial charge in [0.25, 0.3) is 0 Å². The van der Waals surface area contributed by atoms with E-state index in [0.717, 1.165) is 0 Å². The predicted octanol–water partition coefficient (Wildman–Crippen LogP) is 1.64. The highest BCUT2D eigenvalue weighted by molar-refractivity contribution is 5.68. The van der Waals surface area contributed by atoms with Crippen molar-refractivity contribution in [3.63, 3.8) is 0 Å². The number of nitrogens with one attached hydrogen (secondary N) is 1. The maximum absolute atomic E-state index is 12.2. The molecular formula is C16H30N2O4. The molecule has 1 aliphatic carbocycles. The van der Waals surface area contributed by atoms with Crippen LogP contribution in [0.25, 0.3) is 0 Å². The van der Waals surface area contributed by atoms with Crippen LogP contribution in [0.1, 0.15) is 33.6 Å². The van der Waals surface area contributed by atoms with Crippen LogP contribution in [0.15, 0.2) is 0 Å². The van der Waals surface area contributed by atoms with E-state index < -0.39 is 5.60 Å². The van der Waals surface area contributed by atoms with Crippen molar-refractivity contribution in [1.29, 1.82) is 0 Å². The molecule has 1 N–H and O–H groups in total. The topological polar surface area (TPSA) is 60.0 Å². The van der Waals surface area contributed by atoms with E-state index in [1.807, 2.05) is 20.8 Å². The number of carbonyl (C=O) groups excluding carboxylic acids is 1. The van der Waals surface area contributed by atoms with Crippen molar-refractivity contribution in [2.45, 2.75) is 57.4 Å². The number of methoxy groups -OCH3 is 2. The van der Waals surface area contributed by atoms with Crippen LogP contribution in [0.4, 0.5) is 4.79 Å². The van der Waals surface area contributed by atoms with Gasteiger partial charge < -0.3 is 24.4 Å². The van der Waals surface area contributed by atoms with E-state index in [1.165, 1.54) is 12.8 Å². The predicted molar refractivity (Wildman–Crippen MR) is 83.9 cm³/mol. The van der Waals surface area contributed by atoms with Gasteiger partial charge in [-0.3, -0.25) is 0 Å². The van der Waals surface area contributed by atoms with Crippen LogP contribution in [0.2, 0.25) is 0 Å². The number of hydrogen-bond acceptors (Lipinski definition) is 5. The Morgan fingerprint density at radius 3 is 2.45 bits per heavy atom. The summed E-state index contributed by atoms with van der Waals surface area (Å²) in [4.78, 5) is 14.0. The van der Waals surface area contributed by atoms with Crippen LogP contribution in [0.3, 0.4) is 0 Å². The van der Waals surface area contributed by atoms with Crippen molar-refractivity contribution < 1.29 is 19.0 Å². The third-order valence-corrected chi connectivity index (χ3v) is 4.19. The molecule has 1 heterocycles. The van der Waals surface area contributed by atoms with Crippen LogP contribution in [-0.2, 0) is 14.2 Å². The lowest BCUT2D eigenvalue weighted by Crippen LogP contribution is -2.48. The Hall–Kier alpha value is -0.850. The minimum absolute atomic E-state index is 0.00868. The number of carbonyl (C=O) groups is 1. The van der Waals surface area contributed by atoms with E-state index in [9.17, 15) is 4.79 Å². The summed E-state index contributed by atoms with van der Waals surface area (Å²) in [5, 5.41) is 3.63. The minimum atomic E-state index is -0.474. The zero-order valence-corrected chi connectivity index (χ0v) is 14.4.